The number of nitrogens with zero attached hydrogens (tertiary/aromatic N) is 3. The first-order valence-corrected chi connectivity index (χ1v) is 12.1. The monoisotopic (exact) mass is 484 g/mol. The van der Waals surface area contributed by atoms with E-state index in [0.717, 1.165) is 24.2 Å². The summed E-state index contributed by atoms with van der Waals surface area (Å²) in [5.74, 6) is 0.254. The van der Waals surface area contributed by atoms with Crippen molar-refractivity contribution in [1.82, 2.24) is 15.2 Å². The summed E-state index contributed by atoms with van der Waals surface area (Å²) in [4.78, 5) is 33.7. The van der Waals surface area contributed by atoms with Gasteiger partial charge in [0.05, 0.1) is 31.2 Å². The molecular weight excluding hydrogens is 452 g/mol. The molecule has 1 fully saturated rings. The van der Waals surface area contributed by atoms with Gasteiger partial charge in [-0.3, -0.25) is 14.6 Å². The van der Waals surface area contributed by atoms with E-state index in [4.69, 9.17) is 10.1 Å². The number of ether oxygens (including phenoxy) is 1. The van der Waals surface area contributed by atoms with Gasteiger partial charge < -0.3 is 30.6 Å². The molecule has 182 valence electrons. The van der Waals surface area contributed by atoms with Crippen molar-refractivity contribution in [1.29, 1.82) is 5.41 Å². The Morgan fingerprint density at radius 2 is 2.15 bits per heavy atom. The number of carbonyl (C=O) groups excluding carboxylic acids is 2. The van der Waals surface area contributed by atoms with Gasteiger partial charge in [0, 0.05) is 45.2 Å². The molecule has 1 aromatic heterocycles. The highest BCUT2D eigenvalue weighted by Gasteiger charge is 2.36. The summed E-state index contributed by atoms with van der Waals surface area (Å²) in [6.45, 7) is 5.76. The highest BCUT2D eigenvalue weighted by atomic mass is 32.2. The molecule has 1 saturated heterocycles. The van der Waals surface area contributed by atoms with Crippen LogP contribution in [0.5, 0.6) is 5.75 Å². The average molecular weight is 485 g/mol. The third kappa shape index (κ3) is 4.58. The van der Waals surface area contributed by atoms with Crippen molar-refractivity contribution in [2.45, 2.75) is 32.3 Å². The number of amides is 2. The molecule has 5 rings (SSSR count). The minimum absolute atomic E-state index is 0. The zero-order chi connectivity index (χ0) is 24.2. The highest BCUT2D eigenvalue weighted by molar-refractivity contribution is 8.02. The minimum atomic E-state index is -0.367. The van der Waals surface area contributed by atoms with Gasteiger partial charge in [0.15, 0.2) is 5.50 Å². The fourth-order valence-electron chi connectivity index (χ4n) is 4.04. The number of methoxy groups -OCH3 is 1. The lowest BCUT2D eigenvalue weighted by molar-refractivity contribution is -0.113. The highest BCUT2D eigenvalue weighted by Crippen LogP contribution is 2.34. The van der Waals surface area contributed by atoms with Crippen LogP contribution in [-0.2, 0) is 11.3 Å². The van der Waals surface area contributed by atoms with Gasteiger partial charge in [-0.1, -0.05) is 31.7 Å². The van der Waals surface area contributed by atoms with Gasteiger partial charge >= 0.3 is 0 Å². The Hall–Kier alpha value is -3.53. The van der Waals surface area contributed by atoms with Gasteiger partial charge in [0.2, 0.25) is 0 Å². The van der Waals surface area contributed by atoms with E-state index >= 15 is 0 Å². The Labute approximate surface area is 206 Å². The van der Waals surface area contributed by atoms with E-state index in [-0.39, 0.29) is 20.2 Å². The SMILES string of the molecule is CC.COc1ccc2c(c1)C(=O)N(C1NC(C(=O)Nc3cnccc3N3CCC(=N)C3)=CS1)C2.[HH].[HH]. The Bertz CT molecular complexity index is 1160. The number of anilines is 2. The lowest BCUT2D eigenvalue weighted by atomic mass is 10.1. The number of aromatic nitrogens is 1. The minimum Gasteiger partial charge on any atom is -0.497 e. The number of hydrogen-bond acceptors (Lipinski definition) is 8. The summed E-state index contributed by atoms with van der Waals surface area (Å²) in [6.07, 6.45) is 4.01. The fraction of sp³-hybridized carbons (Fsp3) is 0.333. The van der Waals surface area contributed by atoms with Crippen LogP contribution >= 0.6 is 11.8 Å². The third-order valence-corrected chi connectivity index (χ3v) is 6.72. The summed E-state index contributed by atoms with van der Waals surface area (Å²) in [5.41, 5.74) is 3.71. The van der Waals surface area contributed by atoms with Gasteiger partial charge in [-0.25, -0.2) is 0 Å². The summed E-state index contributed by atoms with van der Waals surface area (Å²) in [5, 5.41) is 15.7. The molecule has 9 nitrogen and oxygen atoms in total. The molecule has 0 saturated carbocycles. The number of thioether (sulfide) groups is 1. The van der Waals surface area contributed by atoms with Crippen LogP contribution in [0.25, 0.3) is 0 Å². The summed E-state index contributed by atoms with van der Waals surface area (Å²) < 4.78 is 5.23. The standard InChI is InChI=1S/C22H22N6O3S.C2H6.2H2/c1-31-15-3-2-13-10-28(21(30)16(13)8-15)22-26-18(12-32-22)20(29)25-17-9-24-6-4-19(17)27-7-5-14(23)11-27;1-2;;/h2-4,6,8-9,12,22-23,26H,5,7,10-11H2,1H3,(H,25,29);1-2H3;2*1H. The zero-order valence-corrected chi connectivity index (χ0v) is 20.2. The summed E-state index contributed by atoms with van der Waals surface area (Å²) in [6, 6.07) is 7.33. The molecule has 1 unspecified atom stereocenters. The van der Waals surface area contributed by atoms with Crippen LogP contribution < -0.4 is 20.3 Å². The summed E-state index contributed by atoms with van der Waals surface area (Å²) >= 11 is 1.39. The van der Waals surface area contributed by atoms with Gasteiger partial charge in [0.1, 0.15) is 11.4 Å². The lowest BCUT2D eigenvalue weighted by Gasteiger charge is -2.24. The van der Waals surface area contributed by atoms with Crippen molar-refractivity contribution >= 4 is 40.7 Å². The van der Waals surface area contributed by atoms with Gasteiger partial charge in [-0.05, 0) is 23.8 Å². The third-order valence-electron chi connectivity index (χ3n) is 5.72. The van der Waals surface area contributed by atoms with Crippen molar-refractivity contribution in [3.05, 3.63) is 58.9 Å². The van der Waals surface area contributed by atoms with Crippen LogP contribution in [0.15, 0.2) is 47.8 Å². The molecule has 3 aliphatic heterocycles. The van der Waals surface area contributed by atoms with Crippen LogP contribution in [0, 0.1) is 5.41 Å². The quantitative estimate of drug-likeness (QED) is 0.590. The normalized spacial score (nSPS) is 18.7. The number of carbonyl (C=O) groups is 2. The Kier molecular flexibility index (Phi) is 7.06. The maximum absolute atomic E-state index is 12.9. The molecule has 2 amide bonds. The smallest absolute Gasteiger partial charge is 0.272 e. The van der Waals surface area contributed by atoms with Crippen molar-refractivity contribution in [2.75, 3.05) is 30.4 Å². The first-order chi connectivity index (χ1) is 16.5. The van der Waals surface area contributed by atoms with Crippen molar-refractivity contribution < 1.29 is 17.2 Å². The van der Waals surface area contributed by atoms with E-state index in [0.29, 0.717) is 41.5 Å². The van der Waals surface area contributed by atoms with Crippen molar-refractivity contribution in [2.24, 2.45) is 0 Å². The lowest BCUT2D eigenvalue weighted by Crippen LogP contribution is -2.42. The predicted molar refractivity (Wildman–Crippen MR) is 138 cm³/mol. The van der Waals surface area contributed by atoms with Crippen LogP contribution in [0.1, 0.15) is 39.0 Å². The molecule has 4 heterocycles. The van der Waals surface area contributed by atoms with Crippen LogP contribution in [0.2, 0.25) is 0 Å². The number of pyridine rings is 1. The molecule has 34 heavy (non-hydrogen) atoms. The van der Waals surface area contributed by atoms with E-state index in [1.165, 1.54) is 11.8 Å². The van der Waals surface area contributed by atoms with Crippen molar-refractivity contribution in [3.63, 3.8) is 0 Å². The molecule has 1 atom stereocenters. The second kappa shape index (κ2) is 10.2. The topological polar surface area (TPSA) is 111 Å². The van der Waals surface area contributed by atoms with E-state index in [9.17, 15) is 9.59 Å². The van der Waals surface area contributed by atoms with E-state index in [2.05, 4.69) is 20.5 Å². The predicted octanol–water partition coefficient (Wildman–Crippen LogP) is 3.89. The molecule has 2 aromatic rings. The van der Waals surface area contributed by atoms with Crippen LogP contribution in [0.3, 0.4) is 0 Å². The van der Waals surface area contributed by atoms with Crippen LogP contribution in [0.4, 0.5) is 11.4 Å². The molecule has 1 aromatic carbocycles. The first-order valence-electron chi connectivity index (χ1n) is 11.2. The maximum Gasteiger partial charge on any atom is 0.272 e. The molecule has 3 N–H and O–H groups in total. The molecule has 10 heteroatoms. The van der Waals surface area contributed by atoms with Gasteiger partial charge in [-0.2, -0.15) is 0 Å². The molecule has 0 bridgehead atoms. The zero-order valence-electron chi connectivity index (χ0n) is 19.4. The van der Waals surface area contributed by atoms with Crippen molar-refractivity contribution in [3.8, 4) is 5.75 Å². The number of rotatable bonds is 5. The number of fused-ring (bicyclic) bond motifs is 1. The Morgan fingerprint density at radius 3 is 2.88 bits per heavy atom. The van der Waals surface area contributed by atoms with Gasteiger partial charge in [0.25, 0.3) is 11.8 Å². The fourth-order valence-corrected chi connectivity index (χ4v) is 4.99. The number of hydrogen-bond donors (Lipinski definition) is 3. The molecule has 0 spiro atoms. The number of benzene rings is 1. The summed E-state index contributed by atoms with van der Waals surface area (Å²) in [7, 11) is 1.57. The molecule has 0 radical (unpaired) electrons. The maximum atomic E-state index is 12.9. The molecule has 0 aliphatic carbocycles. The van der Waals surface area contributed by atoms with Gasteiger partial charge in [-0.15, -0.1) is 0 Å². The second-order valence-electron chi connectivity index (χ2n) is 7.74. The molecular formula is C24H32N6O3S. The Morgan fingerprint density at radius 1 is 1.32 bits per heavy atom. The van der Waals surface area contributed by atoms with E-state index in [1.807, 2.05) is 32.0 Å². The average Bonchev–Trinajstić information content (AvgIpc) is 3.60. The van der Waals surface area contributed by atoms with Crippen LogP contribution in [-0.4, -0.2) is 53.1 Å². The number of nitrogens with one attached hydrogen (secondary N) is 3. The largest absolute Gasteiger partial charge is 0.497 e. The second-order valence-corrected chi connectivity index (χ2v) is 8.70. The Balaban J connectivity index is 0.00000111. The van der Waals surface area contributed by atoms with E-state index < -0.39 is 0 Å². The molecule has 3 aliphatic rings. The first kappa shape index (κ1) is 23.6. The van der Waals surface area contributed by atoms with E-state index in [1.54, 1.807) is 35.9 Å².